The van der Waals surface area contributed by atoms with Gasteiger partial charge in [-0.1, -0.05) is 61.4 Å². The molecule has 27 heavy (non-hydrogen) atoms. The van der Waals surface area contributed by atoms with Gasteiger partial charge in [-0.25, -0.2) is 0 Å². The normalized spacial score (nSPS) is 21.3. The minimum atomic E-state index is 0.650. The Morgan fingerprint density at radius 1 is 0.963 bits per heavy atom. The maximum Gasteiger partial charge on any atom is 0.119 e. The van der Waals surface area contributed by atoms with Crippen molar-refractivity contribution in [3.05, 3.63) is 82.9 Å². The maximum atomic E-state index is 5.38. The Morgan fingerprint density at radius 2 is 1.85 bits per heavy atom. The molecule has 1 fully saturated rings. The zero-order chi connectivity index (χ0) is 18.2. The van der Waals surface area contributed by atoms with Crippen LogP contribution in [-0.4, -0.2) is 7.11 Å². The van der Waals surface area contributed by atoms with E-state index in [1.807, 2.05) is 6.07 Å². The predicted molar refractivity (Wildman–Crippen MR) is 114 cm³/mol. The summed E-state index contributed by atoms with van der Waals surface area (Å²) >= 11 is 0. The van der Waals surface area contributed by atoms with Gasteiger partial charge in [0, 0.05) is 5.92 Å². The SMILES string of the molecule is COc1cccc(C2=CC(c3ccc4c(c3)C=CC4C3CCCC3)=CC2)c1. The lowest BCUT2D eigenvalue weighted by molar-refractivity contribution is 0.414. The second kappa shape index (κ2) is 6.88. The van der Waals surface area contributed by atoms with E-state index >= 15 is 0 Å². The van der Waals surface area contributed by atoms with Gasteiger partial charge in [-0.15, -0.1) is 0 Å². The third-order valence-corrected chi connectivity index (χ3v) is 6.48. The van der Waals surface area contributed by atoms with Crippen molar-refractivity contribution in [3.8, 4) is 5.75 Å². The van der Waals surface area contributed by atoms with Gasteiger partial charge in [-0.2, -0.15) is 0 Å². The molecule has 1 nitrogen and oxygen atoms in total. The number of hydrogen-bond donors (Lipinski definition) is 0. The lowest BCUT2D eigenvalue weighted by Crippen LogP contribution is -2.05. The number of methoxy groups -OCH3 is 1. The van der Waals surface area contributed by atoms with Gasteiger partial charge in [0.2, 0.25) is 0 Å². The van der Waals surface area contributed by atoms with Gasteiger partial charge in [0.25, 0.3) is 0 Å². The Hall–Kier alpha value is -2.54. The highest BCUT2D eigenvalue weighted by Gasteiger charge is 2.28. The largest absolute Gasteiger partial charge is 0.497 e. The van der Waals surface area contributed by atoms with Gasteiger partial charge in [-0.3, -0.25) is 0 Å². The molecule has 0 aromatic heterocycles. The molecule has 0 amide bonds. The number of rotatable bonds is 4. The van der Waals surface area contributed by atoms with Crippen molar-refractivity contribution in [1.29, 1.82) is 0 Å². The molecule has 1 heteroatoms. The van der Waals surface area contributed by atoms with Crippen LogP contribution in [0.15, 0.2) is 60.7 Å². The summed E-state index contributed by atoms with van der Waals surface area (Å²) in [6, 6.07) is 15.5. The van der Waals surface area contributed by atoms with Gasteiger partial charge in [-0.05, 0) is 76.8 Å². The van der Waals surface area contributed by atoms with Crippen molar-refractivity contribution >= 4 is 17.2 Å². The van der Waals surface area contributed by atoms with Crippen molar-refractivity contribution in [3.63, 3.8) is 0 Å². The van der Waals surface area contributed by atoms with Crippen LogP contribution in [0.1, 0.15) is 60.3 Å². The van der Waals surface area contributed by atoms with Crippen molar-refractivity contribution in [2.75, 3.05) is 7.11 Å². The first kappa shape index (κ1) is 16.6. The van der Waals surface area contributed by atoms with Crippen LogP contribution in [0, 0.1) is 5.92 Å². The molecule has 1 saturated carbocycles. The Morgan fingerprint density at radius 3 is 2.70 bits per heavy atom. The molecule has 0 spiro atoms. The minimum Gasteiger partial charge on any atom is -0.497 e. The smallest absolute Gasteiger partial charge is 0.119 e. The van der Waals surface area contributed by atoms with E-state index < -0.39 is 0 Å². The summed E-state index contributed by atoms with van der Waals surface area (Å²) in [5, 5.41) is 0. The zero-order valence-corrected chi connectivity index (χ0v) is 15.9. The van der Waals surface area contributed by atoms with E-state index in [-0.39, 0.29) is 0 Å². The zero-order valence-electron chi connectivity index (χ0n) is 15.9. The number of benzene rings is 2. The summed E-state index contributed by atoms with van der Waals surface area (Å²) in [6.45, 7) is 0. The Balaban J connectivity index is 1.40. The summed E-state index contributed by atoms with van der Waals surface area (Å²) in [5.74, 6) is 2.43. The Bertz CT molecular complexity index is 954. The molecule has 2 aromatic carbocycles. The van der Waals surface area contributed by atoms with E-state index in [1.165, 1.54) is 53.5 Å². The van der Waals surface area contributed by atoms with Crippen molar-refractivity contribution in [1.82, 2.24) is 0 Å². The van der Waals surface area contributed by atoms with Crippen molar-refractivity contribution < 1.29 is 4.74 Å². The lowest BCUT2D eigenvalue weighted by Gasteiger charge is -2.18. The summed E-state index contributed by atoms with van der Waals surface area (Å²) in [4.78, 5) is 0. The van der Waals surface area contributed by atoms with Gasteiger partial charge < -0.3 is 4.74 Å². The molecule has 0 N–H and O–H groups in total. The second-order valence-corrected chi connectivity index (χ2v) is 8.04. The first-order chi connectivity index (χ1) is 13.3. The molecule has 136 valence electrons. The van der Waals surface area contributed by atoms with E-state index in [0.717, 1.165) is 18.1 Å². The third kappa shape index (κ3) is 3.06. The quantitative estimate of drug-likeness (QED) is 0.582. The number of fused-ring (bicyclic) bond motifs is 1. The highest BCUT2D eigenvalue weighted by molar-refractivity contribution is 5.90. The topological polar surface area (TPSA) is 9.23 Å². The van der Waals surface area contributed by atoms with Crippen LogP contribution in [0.2, 0.25) is 0 Å². The van der Waals surface area contributed by atoms with Crippen LogP contribution >= 0.6 is 0 Å². The number of hydrogen-bond acceptors (Lipinski definition) is 1. The molecular formula is C26H26O. The molecule has 0 heterocycles. The summed E-state index contributed by atoms with van der Waals surface area (Å²) in [7, 11) is 1.72. The fourth-order valence-electron chi connectivity index (χ4n) is 4.99. The first-order valence-electron chi connectivity index (χ1n) is 10.2. The number of allylic oxidation sites excluding steroid dienone is 5. The minimum absolute atomic E-state index is 0.650. The van der Waals surface area contributed by atoms with Crippen molar-refractivity contribution in [2.24, 2.45) is 5.92 Å². The monoisotopic (exact) mass is 354 g/mol. The highest BCUT2D eigenvalue weighted by Crippen LogP contribution is 2.44. The molecule has 0 aliphatic heterocycles. The molecule has 0 bridgehead atoms. The fourth-order valence-corrected chi connectivity index (χ4v) is 4.99. The average Bonchev–Trinajstić information content (AvgIpc) is 3.47. The molecule has 3 aliphatic carbocycles. The predicted octanol–water partition coefficient (Wildman–Crippen LogP) is 6.87. The molecule has 1 atom stereocenters. The van der Waals surface area contributed by atoms with E-state index in [4.69, 9.17) is 4.74 Å². The molecule has 0 radical (unpaired) electrons. The van der Waals surface area contributed by atoms with E-state index in [0.29, 0.717) is 5.92 Å². The van der Waals surface area contributed by atoms with Crippen LogP contribution < -0.4 is 4.74 Å². The highest BCUT2D eigenvalue weighted by atomic mass is 16.5. The van der Waals surface area contributed by atoms with E-state index in [2.05, 4.69) is 60.7 Å². The first-order valence-corrected chi connectivity index (χ1v) is 10.2. The van der Waals surface area contributed by atoms with Gasteiger partial charge >= 0.3 is 0 Å². The number of ether oxygens (including phenoxy) is 1. The summed E-state index contributed by atoms with van der Waals surface area (Å²) < 4.78 is 5.38. The Labute approximate surface area is 162 Å². The average molecular weight is 354 g/mol. The molecule has 3 aliphatic rings. The van der Waals surface area contributed by atoms with Gasteiger partial charge in [0.1, 0.15) is 5.75 Å². The molecule has 0 saturated heterocycles. The summed E-state index contributed by atoms with van der Waals surface area (Å²) in [6.07, 6.45) is 16.1. The van der Waals surface area contributed by atoms with E-state index in [9.17, 15) is 0 Å². The van der Waals surface area contributed by atoms with Crippen molar-refractivity contribution in [2.45, 2.75) is 38.0 Å². The van der Waals surface area contributed by atoms with Crippen LogP contribution in [0.3, 0.4) is 0 Å². The lowest BCUT2D eigenvalue weighted by atomic mass is 9.86. The fraction of sp³-hybridized carbons (Fsp3) is 0.308. The maximum absolute atomic E-state index is 5.38. The molecule has 2 aromatic rings. The molecular weight excluding hydrogens is 328 g/mol. The summed E-state index contributed by atoms with van der Waals surface area (Å²) in [5.41, 5.74) is 8.26. The van der Waals surface area contributed by atoms with Crippen LogP contribution in [0.5, 0.6) is 5.75 Å². The second-order valence-electron chi connectivity index (χ2n) is 8.04. The van der Waals surface area contributed by atoms with Gasteiger partial charge in [0.05, 0.1) is 7.11 Å². The molecule has 5 rings (SSSR count). The molecule has 1 unspecified atom stereocenters. The van der Waals surface area contributed by atoms with Crippen LogP contribution in [0.4, 0.5) is 0 Å². The standard InChI is InChI=1S/C26H26O/c1-27-24-8-4-7-19(17-24)20-9-10-21(15-20)22-11-13-26-23(16-22)12-14-25(26)18-5-2-3-6-18/h4,7-8,10-18,25H,2-3,5-6,9H2,1H3. The van der Waals surface area contributed by atoms with Crippen LogP contribution in [0.25, 0.3) is 17.2 Å². The van der Waals surface area contributed by atoms with Crippen LogP contribution in [-0.2, 0) is 0 Å². The van der Waals surface area contributed by atoms with Gasteiger partial charge in [0.15, 0.2) is 0 Å². The van der Waals surface area contributed by atoms with E-state index in [1.54, 1.807) is 12.7 Å². The Kier molecular flexibility index (Phi) is 4.24. The third-order valence-electron chi connectivity index (χ3n) is 6.48.